The van der Waals surface area contributed by atoms with Crippen molar-refractivity contribution in [2.75, 3.05) is 13.6 Å². The van der Waals surface area contributed by atoms with Crippen molar-refractivity contribution in [3.63, 3.8) is 0 Å². The molecule has 0 amide bonds. The summed E-state index contributed by atoms with van der Waals surface area (Å²) in [6.45, 7) is 8.12. The number of H-pyrrole nitrogens is 1. The summed E-state index contributed by atoms with van der Waals surface area (Å²) in [6, 6.07) is 3.90. The van der Waals surface area contributed by atoms with Crippen LogP contribution in [0.4, 0.5) is 0 Å². The van der Waals surface area contributed by atoms with Crippen LogP contribution < -0.4 is 4.74 Å². The topological polar surface area (TPSA) is 54.0 Å². The van der Waals surface area contributed by atoms with Crippen molar-refractivity contribution in [1.29, 1.82) is 0 Å². The number of nitrogens with one attached hydrogen (secondary N) is 1. The smallest absolute Gasteiger partial charge is 0.213 e. The summed E-state index contributed by atoms with van der Waals surface area (Å²) in [4.78, 5) is 6.63. The molecule has 0 aromatic carbocycles. The summed E-state index contributed by atoms with van der Waals surface area (Å²) in [6.07, 6.45) is 5.05. The fourth-order valence-corrected chi connectivity index (χ4v) is 2.27. The molecule has 2 rings (SSSR count). The maximum Gasteiger partial charge on any atom is 0.213 e. The van der Waals surface area contributed by atoms with Gasteiger partial charge in [-0.15, -0.1) is 0 Å². The highest BCUT2D eigenvalue weighted by molar-refractivity contribution is 5.61. The van der Waals surface area contributed by atoms with Crippen LogP contribution >= 0.6 is 0 Å². The lowest BCUT2D eigenvalue weighted by Gasteiger charge is -2.15. The minimum atomic E-state index is 0.131. The Morgan fingerprint density at radius 2 is 2.14 bits per heavy atom. The van der Waals surface area contributed by atoms with E-state index in [1.165, 1.54) is 5.56 Å². The number of pyridine rings is 1. The maximum absolute atomic E-state index is 5.57. The van der Waals surface area contributed by atoms with Gasteiger partial charge in [0.15, 0.2) is 0 Å². The van der Waals surface area contributed by atoms with Crippen LogP contribution in [0.3, 0.4) is 0 Å². The van der Waals surface area contributed by atoms with E-state index in [0.717, 1.165) is 30.8 Å². The number of ether oxygens (including phenoxy) is 1. The molecule has 2 heterocycles. The van der Waals surface area contributed by atoms with E-state index in [1.54, 1.807) is 0 Å². The van der Waals surface area contributed by atoms with Crippen LogP contribution in [0, 0.1) is 0 Å². The number of rotatable bonds is 7. The molecule has 5 nitrogen and oxygen atoms in total. The number of nitrogens with zero attached hydrogens (tertiary/aromatic N) is 3. The number of hydrogen-bond donors (Lipinski definition) is 1. The summed E-state index contributed by atoms with van der Waals surface area (Å²) in [5.74, 6) is 0.647. The van der Waals surface area contributed by atoms with Crippen molar-refractivity contribution < 1.29 is 4.74 Å². The molecule has 0 fully saturated rings. The third-order valence-electron chi connectivity index (χ3n) is 3.13. The number of hydrogen-bond acceptors (Lipinski definition) is 4. The normalized spacial score (nSPS) is 11.3. The molecular formula is C16H24N4O. The van der Waals surface area contributed by atoms with Crippen molar-refractivity contribution in [2.45, 2.75) is 39.8 Å². The van der Waals surface area contributed by atoms with E-state index in [0.29, 0.717) is 5.88 Å². The average molecular weight is 288 g/mol. The van der Waals surface area contributed by atoms with Gasteiger partial charge in [-0.3, -0.25) is 5.10 Å². The van der Waals surface area contributed by atoms with Gasteiger partial charge in [-0.2, -0.15) is 5.10 Å². The van der Waals surface area contributed by atoms with Gasteiger partial charge < -0.3 is 9.64 Å². The van der Waals surface area contributed by atoms with Crippen molar-refractivity contribution >= 4 is 0 Å². The second kappa shape index (κ2) is 7.22. The van der Waals surface area contributed by atoms with Gasteiger partial charge in [0.25, 0.3) is 0 Å². The molecule has 0 unspecified atom stereocenters. The van der Waals surface area contributed by atoms with E-state index in [4.69, 9.17) is 4.74 Å². The molecule has 2 aromatic rings. The minimum Gasteiger partial charge on any atom is -0.475 e. The quantitative estimate of drug-likeness (QED) is 0.850. The molecule has 0 bridgehead atoms. The van der Waals surface area contributed by atoms with Crippen LogP contribution in [0.1, 0.15) is 32.8 Å². The third kappa shape index (κ3) is 4.29. The number of aromatic amines is 1. The van der Waals surface area contributed by atoms with Gasteiger partial charge in [0.2, 0.25) is 5.88 Å². The van der Waals surface area contributed by atoms with E-state index in [2.05, 4.69) is 34.1 Å². The molecular weight excluding hydrogens is 264 g/mol. The summed E-state index contributed by atoms with van der Waals surface area (Å²) in [5.41, 5.74) is 3.15. The zero-order valence-corrected chi connectivity index (χ0v) is 13.3. The Morgan fingerprint density at radius 1 is 1.33 bits per heavy atom. The van der Waals surface area contributed by atoms with Crippen LogP contribution in [0.15, 0.2) is 24.5 Å². The zero-order chi connectivity index (χ0) is 15.2. The minimum absolute atomic E-state index is 0.131. The first-order valence-electron chi connectivity index (χ1n) is 7.44. The van der Waals surface area contributed by atoms with Crippen LogP contribution in [-0.4, -0.2) is 39.8 Å². The van der Waals surface area contributed by atoms with E-state index in [-0.39, 0.29) is 6.10 Å². The Kier molecular flexibility index (Phi) is 5.33. The standard InChI is InChI=1S/C16H24N4O/c1-5-8-20(4)11-14-10-18-19-16(14)13-6-7-15(17-9-13)21-12(2)3/h6-7,9-10,12H,5,8,11H2,1-4H3,(H,18,19). The first-order chi connectivity index (χ1) is 10.1. The largest absolute Gasteiger partial charge is 0.475 e. The number of aromatic nitrogens is 3. The van der Waals surface area contributed by atoms with Gasteiger partial charge >= 0.3 is 0 Å². The molecule has 0 aliphatic heterocycles. The van der Waals surface area contributed by atoms with E-state index < -0.39 is 0 Å². The SMILES string of the molecule is CCCN(C)Cc1c[nH]nc1-c1ccc(OC(C)C)nc1. The van der Waals surface area contributed by atoms with Crippen LogP contribution in [0.25, 0.3) is 11.3 Å². The van der Waals surface area contributed by atoms with E-state index in [1.807, 2.05) is 38.4 Å². The van der Waals surface area contributed by atoms with Crippen LogP contribution in [0.2, 0.25) is 0 Å². The Hall–Kier alpha value is -1.88. The second-order valence-electron chi connectivity index (χ2n) is 5.55. The van der Waals surface area contributed by atoms with Gasteiger partial charge in [0, 0.05) is 36.1 Å². The lowest BCUT2D eigenvalue weighted by atomic mass is 10.1. The molecule has 0 aliphatic rings. The Morgan fingerprint density at radius 3 is 2.76 bits per heavy atom. The molecule has 21 heavy (non-hydrogen) atoms. The van der Waals surface area contributed by atoms with Crippen LogP contribution in [-0.2, 0) is 6.54 Å². The Bertz CT molecular complexity index is 548. The van der Waals surface area contributed by atoms with Gasteiger partial charge in [0.1, 0.15) is 0 Å². The van der Waals surface area contributed by atoms with E-state index >= 15 is 0 Å². The predicted molar refractivity (Wildman–Crippen MR) is 84.2 cm³/mol. The molecule has 0 spiro atoms. The fourth-order valence-electron chi connectivity index (χ4n) is 2.27. The average Bonchev–Trinajstić information content (AvgIpc) is 2.87. The first kappa shape index (κ1) is 15.5. The summed E-state index contributed by atoms with van der Waals surface area (Å²) in [7, 11) is 2.12. The van der Waals surface area contributed by atoms with Crippen molar-refractivity contribution in [3.05, 3.63) is 30.1 Å². The molecule has 0 radical (unpaired) electrons. The van der Waals surface area contributed by atoms with Gasteiger partial charge in [-0.25, -0.2) is 4.98 Å². The molecule has 1 N–H and O–H groups in total. The van der Waals surface area contributed by atoms with Crippen molar-refractivity contribution in [1.82, 2.24) is 20.1 Å². The second-order valence-corrected chi connectivity index (χ2v) is 5.55. The summed E-state index contributed by atoms with van der Waals surface area (Å²) in [5, 5.41) is 7.31. The third-order valence-corrected chi connectivity index (χ3v) is 3.13. The maximum atomic E-state index is 5.57. The monoisotopic (exact) mass is 288 g/mol. The lowest BCUT2D eigenvalue weighted by molar-refractivity contribution is 0.232. The lowest BCUT2D eigenvalue weighted by Crippen LogP contribution is -2.18. The molecule has 5 heteroatoms. The molecule has 0 saturated heterocycles. The molecule has 0 saturated carbocycles. The summed E-state index contributed by atoms with van der Waals surface area (Å²) < 4.78 is 5.57. The zero-order valence-electron chi connectivity index (χ0n) is 13.3. The fraction of sp³-hybridized carbons (Fsp3) is 0.500. The Labute approximate surface area is 126 Å². The summed E-state index contributed by atoms with van der Waals surface area (Å²) >= 11 is 0. The molecule has 0 aliphatic carbocycles. The highest BCUT2D eigenvalue weighted by atomic mass is 16.5. The predicted octanol–water partition coefficient (Wildman–Crippen LogP) is 3.10. The molecule has 0 atom stereocenters. The highest BCUT2D eigenvalue weighted by Gasteiger charge is 2.11. The van der Waals surface area contributed by atoms with Gasteiger partial charge in [-0.05, 0) is 39.9 Å². The molecule has 114 valence electrons. The Balaban J connectivity index is 2.13. The van der Waals surface area contributed by atoms with Gasteiger partial charge in [-0.1, -0.05) is 6.92 Å². The van der Waals surface area contributed by atoms with Gasteiger partial charge in [0.05, 0.1) is 11.8 Å². The highest BCUT2D eigenvalue weighted by Crippen LogP contribution is 2.23. The molecule has 2 aromatic heterocycles. The first-order valence-corrected chi connectivity index (χ1v) is 7.44. The van der Waals surface area contributed by atoms with Crippen LogP contribution in [0.5, 0.6) is 5.88 Å². The van der Waals surface area contributed by atoms with Crippen molar-refractivity contribution in [3.8, 4) is 17.1 Å². The van der Waals surface area contributed by atoms with Crippen molar-refractivity contribution in [2.24, 2.45) is 0 Å². The van der Waals surface area contributed by atoms with E-state index in [9.17, 15) is 0 Å².